The standard InChI is InChI=1S/C26H34F2N2O4/c1-26(2,24(31)18-5-6-18)34-21-9-7-20(8-10-21)33-13-12-19-16-30(25(32)29(19)3)15-17-4-11-22(27)23(28)14-17/h4,7-9,11,14,18-19,21,24,31H,5-6,10,12-13,15-16H2,1-3H3. The van der Waals surface area contributed by atoms with Crippen LogP contribution in [-0.4, -0.2) is 65.0 Å². The molecule has 0 radical (unpaired) electrons. The van der Waals surface area contributed by atoms with Crippen LogP contribution in [0.4, 0.5) is 13.6 Å². The minimum Gasteiger partial charge on any atom is -0.494 e. The quantitative estimate of drug-likeness (QED) is 0.544. The van der Waals surface area contributed by atoms with Gasteiger partial charge in [-0.05, 0) is 68.9 Å². The number of halogens is 2. The minimum atomic E-state index is -0.911. The number of hydrogen-bond acceptors (Lipinski definition) is 4. The molecule has 1 saturated carbocycles. The average molecular weight is 477 g/mol. The maximum absolute atomic E-state index is 13.5. The van der Waals surface area contributed by atoms with E-state index in [4.69, 9.17) is 9.47 Å². The summed E-state index contributed by atoms with van der Waals surface area (Å²) in [5, 5.41) is 10.4. The van der Waals surface area contributed by atoms with E-state index in [0.717, 1.165) is 30.7 Å². The monoisotopic (exact) mass is 476 g/mol. The van der Waals surface area contributed by atoms with Gasteiger partial charge < -0.3 is 24.4 Å². The maximum Gasteiger partial charge on any atom is 0.320 e. The van der Waals surface area contributed by atoms with Crippen LogP contribution in [0.1, 0.15) is 45.1 Å². The number of nitrogens with zero attached hydrogens (tertiary/aromatic N) is 2. The molecule has 34 heavy (non-hydrogen) atoms. The fourth-order valence-electron chi connectivity index (χ4n) is 4.64. The Kier molecular flexibility index (Phi) is 7.28. The normalized spacial score (nSPS) is 23.9. The molecule has 1 N–H and O–H groups in total. The van der Waals surface area contributed by atoms with Crippen molar-refractivity contribution < 1.29 is 28.2 Å². The van der Waals surface area contributed by atoms with Crippen molar-refractivity contribution in [1.29, 1.82) is 0 Å². The van der Waals surface area contributed by atoms with Gasteiger partial charge in [0.2, 0.25) is 0 Å². The number of aliphatic hydroxyl groups excluding tert-OH is 1. The van der Waals surface area contributed by atoms with Crippen LogP contribution in [0.5, 0.6) is 0 Å². The van der Waals surface area contributed by atoms with E-state index < -0.39 is 23.3 Å². The molecular formula is C26H34F2N2O4. The molecule has 0 spiro atoms. The molecule has 1 aromatic carbocycles. The first-order chi connectivity index (χ1) is 16.1. The van der Waals surface area contributed by atoms with Crippen LogP contribution in [0.15, 0.2) is 42.2 Å². The molecule has 2 amide bonds. The smallest absolute Gasteiger partial charge is 0.320 e. The van der Waals surface area contributed by atoms with Crippen LogP contribution in [0.3, 0.4) is 0 Å². The number of hydrogen-bond donors (Lipinski definition) is 1. The zero-order chi connectivity index (χ0) is 24.5. The third-order valence-electron chi connectivity index (χ3n) is 6.89. The van der Waals surface area contributed by atoms with E-state index in [1.54, 1.807) is 16.8 Å². The van der Waals surface area contributed by atoms with Crippen LogP contribution in [0.25, 0.3) is 0 Å². The lowest BCUT2D eigenvalue weighted by Gasteiger charge is -2.34. The predicted molar refractivity (Wildman–Crippen MR) is 124 cm³/mol. The average Bonchev–Trinajstić information content (AvgIpc) is 3.61. The molecule has 2 fully saturated rings. The van der Waals surface area contributed by atoms with Crippen molar-refractivity contribution in [3.05, 3.63) is 59.4 Å². The van der Waals surface area contributed by atoms with Gasteiger partial charge in [0.15, 0.2) is 11.6 Å². The minimum absolute atomic E-state index is 0.0215. The van der Waals surface area contributed by atoms with Crippen LogP contribution >= 0.6 is 0 Å². The van der Waals surface area contributed by atoms with Gasteiger partial charge in [0.25, 0.3) is 0 Å². The Labute approximate surface area is 199 Å². The number of likely N-dealkylation sites (N-methyl/N-ethyl adjacent to an activating group) is 1. The number of allylic oxidation sites excluding steroid dienone is 1. The number of amides is 2. The third-order valence-corrected chi connectivity index (χ3v) is 6.89. The molecule has 1 aliphatic heterocycles. The highest BCUT2D eigenvalue weighted by Gasteiger charge is 2.41. The van der Waals surface area contributed by atoms with Crippen LogP contribution in [-0.2, 0) is 16.0 Å². The number of carbonyl (C=O) groups excluding carboxylic acids is 1. The topological polar surface area (TPSA) is 62.2 Å². The van der Waals surface area contributed by atoms with Crippen LogP contribution < -0.4 is 0 Å². The molecule has 2 aliphatic carbocycles. The first-order valence-corrected chi connectivity index (χ1v) is 12.0. The Morgan fingerprint density at radius 2 is 2.00 bits per heavy atom. The Morgan fingerprint density at radius 3 is 2.65 bits per heavy atom. The molecule has 6 nitrogen and oxygen atoms in total. The number of ether oxygens (including phenoxy) is 2. The second-order valence-corrected chi connectivity index (χ2v) is 10.1. The summed E-state index contributed by atoms with van der Waals surface area (Å²) in [6.45, 7) is 5.07. The molecule has 0 bridgehead atoms. The Morgan fingerprint density at radius 1 is 1.24 bits per heavy atom. The van der Waals surface area contributed by atoms with Gasteiger partial charge in [-0.15, -0.1) is 0 Å². The Bertz CT molecular complexity index is 960. The zero-order valence-electron chi connectivity index (χ0n) is 20.0. The zero-order valence-corrected chi connectivity index (χ0v) is 20.0. The molecule has 3 aliphatic rings. The van der Waals surface area contributed by atoms with E-state index in [9.17, 15) is 18.7 Å². The highest BCUT2D eigenvalue weighted by molar-refractivity contribution is 5.76. The van der Waals surface area contributed by atoms with E-state index in [1.165, 1.54) is 6.07 Å². The van der Waals surface area contributed by atoms with E-state index in [-0.39, 0.29) is 24.7 Å². The van der Waals surface area contributed by atoms with Gasteiger partial charge in [0, 0.05) is 26.6 Å². The largest absolute Gasteiger partial charge is 0.494 e. The number of rotatable bonds is 10. The molecule has 186 valence electrons. The van der Waals surface area contributed by atoms with Crippen molar-refractivity contribution in [3.63, 3.8) is 0 Å². The lowest BCUT2D eigenvalue weighted by molar-refractivity contribution is -0.128. The van der Waals surface area contributed by atoms with E-state index in [0.29, 0.717) is 37.5 Å². The summed E-state index contributed by atoms with van der Waals surface area (Å²) in [5.41, 5.74) is -0.0345. The number of carbonyl (C=O) groups is 1. The molecule has 3 atom stereocenters. The summed E-state index contributed by atoms with van der Waals surface area (Å²) in [5.74, 6) is -0.685. The molecular weight excluding hydrogens is 442 g/mol. The lowest BCUT2D eigenvalue weighted by Crippen LogP contribution is -2.43. The molecule has 0 aromatic heterocycles. The van der Waals surface area contributed by atoms with Gasteiger partial charge in [-0.25, -0.2) is 13.6 Å². The number of aliphatic hydroxyl groups is 1. The van der Waals surface area contributed by atoms with Gasteiger partial charge in [-0.3, -0.25) is 0 Å². The summed E-state index contributed by atoms with van der Waals surface area (Å²) in [6.07, 6.45) is 8.77. The van der Waals surface area contributed by atoms with Gasteiger partial charge in [0.05, 0.1) is 30.5 Å². The van der Waals surface area contributed by atoms with Crippen molar-refractivity contribution in [3.8, 4) is 0 Å². The summed E-state index contributed by atoms with van der Waals surface area (Å²) in [6, 6.07) is 3.55. The second kappa shape index (κ2) is 10.0. The molecule has 8 heteroatoms. The van der Waals surface area contributed by atoms with Crippen molar-refractivity contribution in [2.24, 2.45) is 5.92 Å². The predicted octanol–water partition coefficient (Wildman–Crippen LogP) is 4.39. The Balaban J connectivity index is 1.21. The van der Waals surface area contributed by atoms with Crippen molar-refractivity contribution in [2.45, 2.75) is 69.9 Å². The molecule has 4 rings (SSSR count). The second-order valence-electron chi connectivity index (χ2n) is 10.1. The summed E-state index contributed by atoms with van der Waals surface area (Å²) >= 11 is 0. The molecule has 1 saturated heterocycles. The fraction of sp³-hybridized carbons (Fsp3) is 0.577. The van der Waals surface area contributed by atoms with Gasteiger partial charge in [-0.2, -0.15) is 0 Å². The van der Waals surface area contributed by atoms with Crippen molar-refractivity contribution in [1.82, 2.24) is 9.80 Å². The van der Waals surface area contributed by atoms with Crippen LogP contribution in [0, 0.1) is 17.6 Å². The van der Waals surface area contributed by atoms with Gasteiger partial charge in [0.1, 0.15) is 5.76 Å². The highest BCUT2D eigenvalue weighted by Crippen LogP contribution is 2.39. The lowest BCUT2D eigenvalue weighted by atomic mass is 9.96. The molecule has 1 heterocycles. The molecule has 1 aromatic rings. The first-order valence-electron chi connectivity index (χ1n) is 12.0. The SMILES string of the molecule is CN1C(=O)N(Cc2ccc(F)c(F)c2)CC1CCOC1=CCC(OC(C)(C)C(O)C2CC2)C=C1. The first kappa shape index (κ1) is 24.7. The summed E-state index contributed by atoms with van der Waals surface area (Å²) in [7, 11) is 1.75. The summed E-state index contributed by atoms with van der Waals surface area (Å²) < 4.78 is 38.7. The van der Waals surface area contributed by atoms with Crippen LogP contribution in [0.2, 0.25) is 0 Å². The highest BCUT2D eigenvalue weighted by atomic mass is 19.2. The fourth-order valence-corrected chi connectivity index (χ4v) is 4.64. The van der Waals surface area contributed by atoms with E-state index >= 15 is 0 Å². The van der Waals surface area contributed by atoms with Crippen molar-refractivity contribution >= 4 is 6.03 Å². The number of urea groups is 1. The maximum atomic E-state index is 13.5. The Hall–Kier alpha value is -2.45. The molecule has 3 unspecified atom stereocenters. The van der Waals surface area contributed by atoms with Crippen molar-refractivity contribution in [2.75, 3.05) is 20.2 Å². The van der Waals surface area contributed by atoms with E-state index in [1.807, 2.05) is 32.1 Å². The summed E-state index contributed by atoms with van der Waals surface area (Å²) in [4.78, 5) is 15.9. The number of benzene rings is 1. The third kappa shape index (κ3) is 5.78. The van der Waals surface area contributed by atoms with Gasteiger partial charge >= 0.3 is 6.03 Å². The van der Waals surface area contributed by atoms with Gasteiger partial charge in [-0.1, -0.05) is 12.1 Å². The van der Waals surface area contributed by atoms with E-state index in [2.05, 4.69) is 0 Å².